The van der Waals surface area contributed by atoms with E-state index in [0.29, 0.717) is 5.56 Å². The third kappa shape index (κ3) is 3.77. The molecule has 21 heavy (non-hydrogen) atoms. The van der Waals surface area contributed by atoms with Crippen LogP contribution in [0.5, 0.6) is 5.75 Å². The van der Waals surface area contributed by atoms with Gasteiger partial charge in [-0.1, -0.05) is 12.1 Å². The van der Waals surface area contributed by atoms with Crippen LogP contribution in [0.15, 0.2) is 47.4 Å². The van der Waals surface area contributed by atoms with Crippen LogP contribution in [0.3, 0.4) is 0 Å². The van der Waals surface area contributed by atoms with Crippen molar-refractivity contribution in [1.29, 1.82) is 0 Å². The van der Waals surface area contributed by atoms with Gasteiger partial charge in [0.2, 0.25) is 10.0 Å². The van der Waals surface area contributed by atoms with E-state index in [1.165, 1.54) is 31.4 Å². The van der Waals surface area contributed by atoms with E-state index in [9.17, 15) is 17.2 Å². The fourth-order valence-corrected chi connectivity index (χ4v) is 2.96. The Hall–Kier alpha value is -1.99. The highest BCUT2D eigenvalue weighted by molar-refractivity contribution is 7.89. The Balaban J connectivity index is 2.24. The Bertz CT molecular complexity index is 748. The van der Waals surface area contributed by atoms with E-state index >= 15 is 0 Å². The summed E-state index contributed by atoms with van der Waals surface area (Å²) in [5.74, 6) is -1.12. The molecule has 2 aromatic carbocycles. The van der Waals surface area contributed by atoms with E-state index in [0.717, 1.165) is 12.1 Å². The molecule has 0 amide bonds. The van der Waals surface area contributed by atoms with Crippen LogP contribution >= 0.6 is 0 Å². The molecular formula is C14H13F2NO3S. The lowest BCUT2D eigenvalue weighted by molar-refractivity contribution is 0.400. The largest absolute Gasteiger partial charge is 0.495 e. The molecule has 0 saturated heterocycles. The molecule has 0 bridgehead atoms. The first kappa shape index (κ1) is 15.4. The number of nitrogens with one attached hydrogen (secondary N) is 1. The van der Waals surface area contributed by atoms with Gasteiger partial charge in [-0.3, -0.25) is 0 Å². The molecule has 4 nitrogen and oxygen atoms in total. The second-order valence-corrected chi connectivity index (χ2v) is 5.99. The average Bonchev–Trinajstić information content (AvgIpc) is 2.45. The minimum absolute atomic E-state index is 0.0307. The molecule has 0 spiro atoms. The summed E-state index contributed by atoms with van der Waals surface area (Å²) in [4.78, 5) is -0.304. The van der Waals surface area contributed by atoms with Crippen molar-refractivity contribution in [2.75, 3.05) is 7.11 Å². The minimum Gasteiger partial charge on any atom is -0.495 e. The summed E-state index contributed by atoms with van der Waals surface area (Å²) in [6.45, 7) is -0.111. The maximum absolute atomic E-state index is 13.2. The van der Waals surface area contributed by atoms with Gasteiger partial charge in [-0.25, -0.2) is 21.9 Å². The van der Waals surface area contributed by atoms with E-state index in [1.54, 1.807) is 6.07 Å². The van der Waals surface area contributed by atoms with Gasteiger partial charge in [0.1, 0.15) is 22.3 Å². The fraction of sp³-hybridized carbons (Fsp3) is 0.143. The molecule has 0 radical (unpaired) electrons. The molecule has 0 aliphatic heterocycles. The Morgan fingerprint density at radius 2 is 1.81 bits per heavy atom. The highest BCUT2D eigenvalue weighted by atomic mass is 32.2. The number of hydrogen-bond acceptors (Lipinski definition) is 3. The van der Waals surface area contributed by atoms with E-state index in [-0.39, 0.29) is 17.2 Å². The normalized spacial score (nSPS) is 11.4. The van der Waals surface area contributed by atoms with E-state index in [1.807, 2.05) is 0 Å². The molecule has 0 atom stereocenters. The van der Waals surface area contributed by atoms with Crippen molar-refractivity contribution >= 4 is 10.0 Å². The number of ether oxygens (including phenoxy) is 1. The zero-order valence-electron chi connectivity index (χ0n) is 11.1. The maximum Gasteiger partial charge on any atom is 0.244 e. The predicted octanol–water partition coefficient (Wildman–Crippen LogP) is 2.45. The highest BCUT2D eigenvalue weighted by Gasteiger charge is 2.20. The molecular weight excluding hydrogens is 300 g/mol. The summed E-state index contributed by atoms with van der Waals surface area (Å²) in [5.41, 5.74) is 0.453. The molecule has 0 aromatic heterocycles. The molecule has 0 saturated carbocycles. The van der Waals surface area contributed by atoms with Crippen LogP contribution in [0.4, 0.5) is 8.78 Å². The van der Waals surface area contributed by atoms with E-state index in [4.69, 9.17) is 4.74 Å². The van der Waals surface area contributed by atoms with Gasteiger partial charge in [-0.05, 0) is 35.9 Å². The summed E-state index contributed by atoms with van der Waals surface area (Å²) in [6.07, 6.45) is 0. The third-order valence-electron chi connectivity index (χ3n) is 2.77. The van der Waals surface area contributed by atoms with Crippen molar-refractivity contribution in [2.24, 2.45) is 0 Å². The van der Waals surface area contributed by atoms with Gasteiger partial charge in [-0.15, -0.1) is 0 Å². The SMILES string of the molecule is COc1ccc(F)cc1S(=O)(=O)NCc1cccc(F)c1. The predicted molar refractivity (Wildman–Crippen MR) is 73.4 cm³/mol. The first-order valence-electron chi connectivity index (χ1n) is 6.00. The van der Waals surface area contributed by atoms with Crippen LogP contribution in [0.25, 0.3) is 0 Å². The zero-order valence-corrected chi connectivity index (χ0v) is 12.0. The molecule has 0 aliphatic rings. The Labute approximate surface area is 121 Å². The highest BCUT2D eigenvalue weighted by Crippen LogP contribution is 2.24. The number of halogens is 2. The molecule has 0 fully saturated rings. The number of rotatable bonds is 5. The third-order valence-corrected chi connectivity index (χ3v) is 4.19. The van der Waals surface area contributed by atoms with Crippen LogP contribution in [0.2, 0.25) is 0 Å². The lowest BCUT2D eigenvalue weighted by atomic mass is 10.2. The van der Waals surface area contributed by atoms with Gasteiger partial charge in [0, 0.05) is 6.54 Å². The van der Waals surface area contributed by atoms with E-state index < -0.39 is 21.7 Å². The van der Waals surface area contributed by atoms with Gasteiger partial charge >= 0.3 is 0 Å². The molecule has 2 aromatic rings. The van der Waals surface area contributed by atoms with Crippen molar-refractivity contribution in [3.63, 3.8) is 0 Å². The Morgan fingerprint density at radius 3 is 2.48 bits per heavy atom. The van der Waals surface area contributed by atoms with Crippen LogP contribution in [0.1, 0.15) is 5.56 Å². The standard InChI is InChI=1S/C14H13F2NO3S/c1-20-13-6-5-12(16)8-14(13)21(18,19)17-9-10-3-2-4-11(15)7-10/h2-8,17H,9H2,1H3. The second-order valence-electron chi connectivity index (χ2n) is 4.25. The molecule has 0 unspecified atom stereocenters. The summed E-state index contributed by atoms with van der Waals surface area (Å²) in [5, 5.41) is 0. The molecule has 0 aliphatic carbocycles. The van der Waals surface area contributed by atoms with Crippen molar-refractivity contribution in [1.82, 2.24) is 4.72 Å². The molecule has 1 N–H and O–H groups in total. The summed E-state index contributed by atoms with van der Waals surface area (Å²) >= 11 is 0. The summed E-state index contributed by atoms with van der Waals surface area (Å²) < 4.78 is 57.8. The Kier molecular flexibility index (Phi) is 4.54. The summed E-state index contributed by atoms with van der Waals surface area (Å²) in [7, 11) is -2.68. The van der Waals surface area contributed by atoms with Crippen molar-refractivity contribution in [2.45, 2.75) is 11.4 Å². The van der Waals surface area contributed by atoms with E-state index in [2.05, 4.69) is 4.72 Å². The lowest BCUT2D eigenvalue weighted by Gasteiger charge is -2.11. The number of hydrogen-bond donors (Lipinski definition) is 1. The lowest BCUT2D eigenvalue weighted by Crippen LogP contribution is -2.24. The summed E-state index contributed by atoms with van der Waals surface area (Å²) in [6, 6.07) is 8.72. The second kappa shape index (κ2) is 6.19. The molecule has 112 valence electrons. The first-order chi connectivity index (χ1) is 9.92. The van der Waals surface area contributed by atoms with Gasteiger partial charge in [0.25, 0.3) is 0 Å². The maximum atomic E-state index is 13.2. The fourth-order valence-electron chi connectivity index (χ4n) is 1.76. The molecule has 7 heteroatoms. The topological polar surface area (TPSA) is 55.4 Å². The van der Waals surface area contributed by atoms with Crippen molar-refractivity contribution in [3.8, 4) is 5.75 Å². The first-order valence-corrected chi connectivity index (χ1v) is 7.48. The zero-order chi connectivity index (χ0) is 15.5. The number of benzene rings is 2. The van der Waals surface area contributed by atoms with Gasteiger partial charge in [-0.2, -0.15) is 0 Å². The van der Waals surface area contributed by atoms with Crippen LogP contribution in [-0.2, 0) is 16.6 Å². The van der Waals surface area contributed by atoms with Gasteiger partial charge in [0.05, 0.1) is 7.11 Å². The minimum atomic E-state index is -3.97. The molecule has 0 heterocycles. The van der Waals surface area contributed by atoms with Crippen molar-refractivity contribution in [3.05, 3.63) is 59.7 Å². The number of methoxy groups -OCH3 is 1. The smallest absolute Gasteiger partial charge is 0.244 e. The van der Waals surface area contributed by atoms with Gasteiger partial charge < -0.3 is 4.74 Å². The molecule has 2 rings (SSSR count). The Morgan fingerprint density at radius 1 is 1.10 bits per heavy atom. The monoisotopic (exact) mass is 313 g/mol. The quantitative estimate of drug-likeness (QED) is 0.922. The number of sulfonamides is 1. The van der Waals surface area contributed by atoms with Crippen LogP contribution in [0, 0.1) is 11.6 Å². The van der Waals surface area contributed by atoms with Gasteiger partial charge in [0.15, 0.2) is 0 Å². The van der Waals surface area contributed by atoms with Crippen molar-refractivity contribution < 1.29 is 21.9 Å². The average molecular weight is 313 g/mol. The van der Waals surface area contributed by atoms with Crippen LogP contribution < -0.4 is 9.46 Å². The van der Waals surface area contributed by atoms with Crippen LogP contribution in [-0.4, -0.2) is 15.5 Å².